The maximum absolute atomic E-state index is 12.0. The van der Waals surface area contributed by atoms with Crippen LogP contribution in [0.4, 0.5) is 0 Å². The normalized spacial score (nSPS) is 56.2. The second-order valence-electron chi connectivity index (χ2n) is 5.89. The van der Waals surface area contributed by atoms with Crippen molar-refractivity contribution in [2.45, 2.75) is 48.6 Å². The summed E-state index contributed by atoms with van der Waals surface area (Å²) in [5, 5.41) is 19.8. The van der Waals surface area contributed by atoms with Crippen LogP contribution in [-0.4, -0.2) is 87.7 Å². The lowest BCUT2D eigenvalue weighted by molar-refractivity contribution is -0.244. The highest BCUT2D eigenvalue weighted by atomic mass is 31.2. The van der Waals surface area contributed by atoms with E-state index in [0.717, 1.165) is 0 Å². The van der Waals surface area contributed by atoms with Gasteiger partial charge in [-0.2, -0.15) is 0 Å². The molecule has 3 aliphatic heterocycles. The molecule has 0 aromatic heterocycles. The van der Waals surface area contributed by atoms with Gasteiger partial charge >= 0.3 is 0 Å². The van der Waals surface area contributed by atoms with Crippen molar-refractivity contribution in [3.63, 3.8) is 0 Å². The Hall–Kier alpha value is 0.190. The molecule has 12 nitrogen and oxygen atoms in total. The lowest BCUT2D eigenvalue weighted by Gasteiger charge is -2.34. The molecule has 4 radical (unpaired) electrons. The summed E-state index contributed by atoms with van der Waals surface area (Å²) in [6.45, 7) is -1.53. The van der Waals surface area contributed by atoms with Crippen LogP contribution in [0.15, 0.2) is 0 Å². The van der Waals surface area contributed by atoms with Gasteiger partial charge in [0.05, 0.1) is 13.2 Å². The Kier molecular flexibility index (Phi) is 6.07. The number of aliphatic hydroxyl groups excluding tert-OH is 2. The third-order valence-corrected chi connectivity index (χ3v) is 5.97. The number of hydrogen-bond donors (Lipinski definition) is 2. The van der Waals surface area contributed by atoms with Crippen LogP contribution in [0.25, 0.3) is 0 Å². The molecule has 3 rings (SSSR count). The number of aliphatic hydroxyl groups is 2. The first-order chi connectivity index (χ1) is 12.0. The molecule has 0 aliphatic carbocycles. The zero-order chi connectivity index (χ0) is 19.3. The van der Waals surface area contributed by atoms with E-state index in [0.29, 0.717) is 0 Å². The third-order valence-electron chi connectivity index (χ3n) is 4.04. The maximum atomic E-state index is 12.0. The molecular weight excluding hydrogens is 396 g/mol. The summed E-state index contributed by atoms with van der Waals surface area (Å²) in [4.78, 5) is 24.0. The first kappa shape index (κ1) is 20.9. The fourth-order valence-corrected chi connectivity index (χ4v) is 4.65. The molecule has 3 saturated heterocycles. The Balaban J connectivity index is 1.85. The molecular formula is C10H14B2O12P2-2. The van der Waals surface area contributed by atoms with Crippen LogP contribution in [0.2, 0.25) is 0 Å². The number of rotatable bonds is 0. The minimum Gasteiger partial charge on any atom is -0.756 e. The SMILES string of the molecule is [B][C@@H]1O[C@@H]2COP(=O)([O-])OC3C(O)[C@H]([B])O[C@@H]3COP(=O)([O-])OC2C1O. The van der Waals surface area contributed by atoms with E-state index >= 15 is 0 Å². The zero-order valence-corrected chi connectivity index (χ0v) is 14.8. The molecule has 3 aliphatic rings. The number of hydrogen-bond acceptors (Lipinski definition) is 12. The molecule has 16 heteroatoms. The highest BCUT2D eigenvalue weighted by molar-refractivity contribution is 7.46. The van der Waals surface area contributed by atoms with Gasteiger partial charge in [-0.05, 0) is 0 Å². The van der Waals surface area contributed by atoms with E-state index in [1.54, 1.807) is 0 Å². The highest BCUT2D eigenvalue weighted by Crippen LogP contribution is 2.48. The predicted molar refractivity (Wildman–Crippen MR) is 77.7 cm³/mol. The van der Waals surface area contributed by atoms with Crippen molar-refractivity contribution in [2.75, 3.05) is 13.2 Å². The van der Waals surface area contributed by atoms with Gasteiger partial charge in [0.1, 0.15) is 52.3 Å². The van der Waals surface area contributed by atoms with Gasteiger partial charge in [0.2, 0.25) is 0 Å². The van der Waals surface area contributed by atoms with E-state index in [4.69, 9.17) is 34.2 Å². The maximum Gasteiger partial charge on any atom is 0.268 e. The molecule has 0 bridgehead atoms. The van der Waals surface area contributed by atoms with Gasteiger partial charge < -0.3 is 47.6 Å². The first-order valence-electron chi connectivity index (χ1n) is 7.45. The summed E-state index contributed by atoms with van der Waals surface area (Å²) in [5.74, 6) is 0. The molecule has 0 aromatic carbocycles. The van der Waals surface area contributed by atoms with E-state index in [1.807, 2.05) is 0 Å². The minimum atomic E-state index is -5.00. The quantitative estimate of drug-likeness (QED) is 0.295. The van der Waals surface area contributed by atoms with Crippen LogP contribution in [0.1, 0.15) is 0 Å². The molecule has 10 atom stereocenters. The van der Waals surface area contributed by atoms with Crippen molar-refractivity contribution in [3.8, 4) is 0 Å². The average molecular weight is 410 g/mol. The second kappa shape index (κ2) is 7.55. The van der Waals surface area contributed by atoms with Crippen LogP contribution in [-0.2, 0) is 36.7 Å². The van der Waals surface area contributed by atoms with Crippen molar-refractivity contribution in [2.24, 2.45) is 0 Å². The number of phosphoric ester groups is 2. The first-order valence-corrected chi connectivity index (χ1v) is 10.4. The third kappa shape index (κ3) is 4.43. The van der Waals surface area contributed by atoms with Crippen LogP contribution >= 0.6 is 15.6 Å². The molecule has 0 spiro atoms. The van der Waals surface area contributed by atoms with Crippen LogP contribution < -0.4 is 9.79 Å². The summed E-state index contributed by atoms with van der Waals surface area (Å²) in [5.41, 5.74) is 0. The van der Waals surface area contributed by atoms with Crippen molar-refractivity contribution >= 4 is 31.3 Å². The molecule has 6 unspecified atom stereocenters. The second-order valence-corrected chi connectivity index (χ2v) is 8.61. The summed E-state index contributed by atoms with van der Waals surface area (Å²) >= 11 is 0. The van der Waals surface area contributed by atoms with Crippen molar-refractivity contribution < 1.29 is 56.7 Å². The van der Waals surface area contributed by atoms with Gasteiger partial charge in [-0.1, -0.05) is 0 Å². The Morgan fingerprint density at radius 3 is 1.50 bits per heavy atom. The number of fused-ring (bicyclic) bond motifs is 2. The van der Waals surface area contributed by atoms with Crippen LogP contribution in [0, 0.1) is 0 Å². The Morgan fingerprint density at radius 2 is 1.15 bits per heavy atom. The minimum absolute atomic E-state index is 0.767. The average Bonchev–Trinajstić information content (AvgIpc) is 2.95. The van der Waals surface area contributed by atoms with E-state index < -0.39 is 77.5 Å². The van der Waals surface area contributed by atoms with Gasteiger partial charge in [-0.15, -0.1) is 0 Å². The van der Waals surface area contributed by atoms with E-state index in [-0.39, 0.29) is 0 Å². The highest BCUT2D eigenvalue weighted by Gasteiger charge is 2.48. The molecule has 2 N–H and O–H groups in total. The van der Waals surface area contributed by atoms with Crippen LogP contribution in [0.3, 0.4) is 0 Å². The van der Waals surface area contributed by atoms with Gasteiger partial charge in [0.25, 0.3) is 15.6 Å². The fourth-order valence-electron chi connectivity index (χ4n) is 2.75. The van der Waals surface area contributed by atoms with Crippen LogP contribution in [0.5, 0.6) is 0 Å². The molecule has 3 heterocycles. The fraction of sp³-hybridized carbons (Fsp3) is 1.00. The molecule has 144 valence electrons. The van der Waals surface area contributed by atoms with Crippen molar-refractivity contribution in [3.05, 3.63) is 0 Å². The molecule has 0 aromatic rings. The lowest BCUT2D eigenvalue weighted by atomic mass is 9.93. The van der Waals surface area contributed by atoms with E-state index in [1.165, 1.54) is 0 Å². The van der Waals surface area contributed by atoms with Gasteiger partial charge in [-0.25, -0.2) is 0 Å². The van der Waals surface area contributed by atoms with Crippen molar-refractivity contribution in [1.82, 2.24) is 0 Å². The van der Waals surface area contributed by atoms with E-state index in [2.05, 4.69) is 9.05 Å². The zero-order valence-electron chi connectivity index (χ0n) is 13.1. The summed E-state index contributed by atoms with van der Waals surface area (Å²) in [6.07, 6.45) is -9.01. The molecule has 0 saturated carbocycles. The summed E-state index contributed by atoms with van der Waals surface area (Å²) < 4.78 is 52.8. The molecule has 0 amide bonds. The van der Waals surface area contributed by atoms with Gasteiger partial charge in [-0.3, -0.25) is 9.13 Å². The number of phosphoric acid groups is 2. The largest absolute Gasteiger partial charge is 0.756 e. The molecule has 3 fully saturated rings. The summed E-state index contributed by atoms with van der Waals surface area (Å²) in [7, 11) is 0.918. The molecule has 26 heavy (non-hydrogen) atoms. The Labute approximate surface area is 150 Å². The number of ether oxygens (including phenoxy) is 2. The Bertz CT molecular complexity index is 571. The van der Waals surface area contributed by atoms with Gasteiger partial charge in [0.15, 0.2) is 0 Å². The van der Waals surface area contributed by atoms with E-state index in [9.17, 15) is 29.1 Å². The standard InChI is InChI=1S/C10H16B2O12P2/c11-9-5(13)7-3(21-9)1-19-25(15,16)24-8-4(22-10(12)6(8)14)2-20-26(17,18)23-7/h3-10,13-14H,1-2H2,(H,15,16)(H,17,18)/p-2/t3-,4-,5?,6?,7?,8?,9-,10-/m1/s1. The van der Waals surface area contributed by atoms with Gasteiger partial charge in [0, 0.05) is 12.0 Å². The smallest absolute Gasteiger partial charge is 0.268 e. The predicted octanol–water partition coefficient (Wildman–Crippen LogP) is -3.75. The lowest BCUT2D eigenvalue weighted by Crippen LogP contribution is -2.41. The Morgan fingerprint density at radius 1 is 0.808 bits per heavy atom. The monoisotopic (exact) mass is 410 g/mol. The topological polar surface area (TPSA) is 176 Å². The van der Waals surface area contributed by atoms with Crippen molar-refractivity contribution in [1.29, 1.82) is 0 Å². The summed E-state index contributed by atoms with van der Waals surface area (Å²) in [6, 6.07) is -2.68.